The van der Waals surface area contributed by atoms with Crippen LogP contribution in [-0.4, -0.2) is 34.4 Å². The average Bonchev–Trinajstić information content (AvgIpc) is 2.71. The molecule has 2 N–H and O–H groups in total. The van der Waals surface area contributed by atoms with Gasteiger partial charge < -0.3 is 14.9 Å². The fourth-order valence-corrected chi connectivity index (χ4v) is 3.63. The van der Waals surface area contributed by atoms with Gasteiger partial charge >= 0.3 is 11.9 Å². The minimum Gasteiger partial charge on any atom is -0.481 e. The van der Waals surface area contributed by atoms with Crippen molar-refractivity contribution in [2.45, 2.75) is 25.0 Å². The summed E-state index contributed by atoms with van der Waals surface area (Å²) in [6.45, 7) is 0. The van der Waals surface area contributed by atoms with E-state index in [1.807, 2.05) is 0 Å². The maximum atomic E-state index is 11.4. The van der Waals surface area contributed by atoms with E-state index in [0.29, 0.717) is 0 Å². The van der Waals surface area contributed by atoms with Crippen LogP contribution < -0.4 is 0 Å². The van der Waals surface area contributed by atoms with Crippen LogP contribution in [0.25, 0.3) is 0 Å². The maximum Gasteiger partial charge on any atom is 0.312 e. The van der Waals surface area contributed by atoms with E-state index in [1.165, 1.54) is 0 Å². The van der Waals surface area contributed by atoms with Crippen LogP contribution in [0, 0.1) is 23.7 Å². The monoisotopic (exact) mass is 212 g/mol. The van der Waals surface area contributed by atoms with Crippen molar-refractivity contribution in [1.29, 1.82) is 0 Å². The van der Waals surface area contributed by atoms with E-state index < -0.39 is 29.9 Å². The van der Waals surface area contributed by atoms with Crippen molar-refractivity contribution in [3.63, 3.8) is 0 Å². The summed E-state index contributed by atoms with van der Waals surface area (Å²) in [6.07, 6.45) is 0.281. The second kappa shape index (κ2) is 2.72. The molecule has 15 heavy (non-hydrogen) atoms. The summed E-state index contributed by atoms with van der Waals surface area (Å²) < 4.78 is 5.13. The number of hydrogen-bond acceptors (Lipinski definition) is 4. The summed E-state index contributed by atoms with van der Waals surface area (Å²) in [6, 6.07) is 0. The highest BCUT2D eigenvalue weighted by molar-refractivity contribution is 5.81. The van der Waals surface area contributed by atoms with E-state index in [9.17, 15) is 14.7 Å². The largest absolute Gasteiger partial charge is 0.481 e. The fraction of sp³-hybridized carbons (Fsp3) is 0.800. The summed E-state index contributed by atoms with van der Waals surface area (Å²) in [5, 5.41) is 18.9. The van der Waals surface area contributed by atoms with Crippen molar-refractivity contribution in [3.8, 4) is 0 Å². The number of ether oxygens (including phenoxy) is 1. The van der Waals surface area contributed by atoms with E-state index in [2.05, 4.69) is 0 Å². The normalized spacial score (nSPS) is 51.7. The van der Waals surface area contributed by atoms with Crippen LogP contribution in [0.1, 0.15) is 12.8 Å². The van der Waals surface area contributed by atoms with Crippen molar-refractivity contribution in [2.75, 3.05) is 0 Å². The van der Waals surface area contributed by atoms with Gasteiger partial charge in [-0.05, 0) is 18.8 Å². The maximum absolute atomic E-state index is 11.4. The Bertz CT molecular complexity index is 337. The van der Waals surface area contributed by atoms with Crippen LogP contribution in [0.2, 0.25) is 0 Å². The first kappa shape index (κ1) is 9.15. The van der Waals surface area contributed by atoms with Crippen LogP contribution in [0.5, 0.6) is 0 Å². The van der Waals surface area contributed by atoms with E-state index in [1.54, 1.807) is 0 Å². The van der Waals surface area contributed by atoms with Gasteiger partial charge in [0.15, 0.2) is 0 Å². The number of carbonyl (C=O) groups excluding carboxylic acids is 1. The van der Waals surface area contributed by atoms with E-state index in [4.69, 9.17) is 9.84 Å². The first-order valence-electron chi connectivity index (χ1n) is 5.22. The zero-order valence-electron chi connectivity index (χ0n) is 8.00. The summed E-state index contributed by atoms with van der Waals surface area (Å²) >= 11 is 0. The molecule has 5 nitrogen and oxygen atoms in total. The Balaban J connectivity index is 2.00. The molecule has 0 radical (unpaired) electrons. The highest BCUT2D eigenvalue weighted by atomic mass is 16.6. The molecular formula is C10H12O5. The minimum absolute atomic E-state index is 0.0615. The molecule has 3 fully saturated rings. The first-order valence-corrected chi connectivity index (χ1v) is 5.22. The molecule has 0 unspecified atom stereocenters. The van der Waals surface area contributed by atoms with Gasteiger partial charge in [0.25, 0.3) is 0 Å². The molecule has 82 valence electrons. The third-order valence-electron chi connectivity index (χ3n) is 4.14. The van der Waals surface area contributed by atoms with Crippen LogP contribution in [0.15, 0.2) is 0 Å². The van der Waals surface area contributed by atoms with Crippen LogP contribution in [-0.2, 0) is 14.3 Å². The third-order valence-corrected chi connectivity index (χ3v) is 4.14. The van der Waals surface area contributed by atoms with Gasteiger partial charge in [0.05, 0.1) is 17.9 Å². The smallest absolute Gasteiger partial charge is 0.312 e. The number of carbonyl (C=O) groups is 2. The minimum atomic E-state index is -1.06. The molecule has 0 amide bonds. The summed E-state index contributed by atoms with van der Waals surface area (Å²) in [5.41, 5.74) is 0. The quantitative estimate of drug-likeness (QED) is 0.579. The first-order chi connectivity index (χ1) is 7.11. The molecule has 2 aliphatic carbocycles. The van der Waals surface area contributed by atoms with E-state index in [0.717, 1.165) is 12.8 Å². The molecule has 0 aromatic carbocycles. The van der Waals surface area contributed by atoms with Crippen molar-refractivity contribution < 1.29 is 24.5 Å². The van der Waals surface area contributed by atoms with Crippen LogP contribution in [0.4, 0.5) is 0 Å². The second-order valence-corrected chi connectivity index (χ2v) is 4.67. The Morgan fingerprint density at radius 3 is 2.80 bits per heavy atom. The van der Waals surface area contributed by atoms with E-state index in [-0.39, 0.29) is 17.9 Å². The number of esters is 1. The van der Waals surface area contributed by atoms with E-state index >= 15 is 0 Å². The van der Waals surface area contributed by atoms with Crippen molar-refractivity contribution in [1.82, 2.24) is 0 Å². The Kier molecular flexibility index (Phi) is 1.66. The number of aliphatic carboxylic acids is 1. The molecule has 0 spiro atoms. The van der Waals surface area contributed by atoms with Crippen molar-refractivity contribution in [3.05, 3.63) is 0 Å². The van der Waals surface area contributed by atoms with Gasteiger partial charge in [-0.3, -0.25) is 9.59 Å². The van der Waals surface area contributed by atoms with Gasteiger partial charge in [-0.25, -0.2) is 0 Å². The molecule has 3 aliphatic rings. The fourth-order valence-electron chi connectivity index (χ4n) is 3.63. The van der Waals surface area contributed by atoms with Crippen LogP contribution in [0.3, 0.4) is 0 Å². The Morgan fingerprint density at radius 2 is 2.13 bits per heavy atom. The number of hydrogen-bond donors (Lipinski definition) is 2. The molecule has 2 saturated carbocycles. The lowest BCUT2D eigenvalue weighted by atomic mass is 9.90. The molecule has 1 aliphatic heterocycles. The third kappa shape index (κ3) is 0.963. The van der Waals surface area contributed by atoms with Crippen molar-refractivity contribution in [2.24, 2.45) is 23.7 Å². The lowest BCUT2D eigenvalue weighted by Crippen LogP contribution is -2.32. The lowest BCUT2D eigenvalue weighted by Gasteiger charge is -2.16. The van der Waals surface area contributed by atoms with Gasteiger partial charge in [0.2, 0.25) is 0 Å². The Morgan fingerprint density at radius 1 is 1.40 bits per heavy atom. The molecule has 1 heterocycles. The van der Waals surface area contributed by atoms with Gasteiger partial charge in [-0.15, -0.1) is 0 Å². The Hall–Kier alpha value is -1.10. The van der Waals surface area contributed by atoms with Gasteiger partial charge in [-0.2, -0.15) is 0 Å². The van der Waals surface area contributed by atoms with Crippen molar-refractivity contribution >= 4 is 11.9 Å². The molecular weight excluding hydrogens is 200 g/mol. The Labute approximate surface area is 86.0 Å². The molecule has 0 aromatic rings. The highest BCUT2D eigenvalue weighted by Gasteiger charge is 2.65. The highest BCUT2D eigenvalue weighted by Crippen LogP contribution is 2.55. The molecule has 3 rings (SSSR count). The number of rotatable bonds is 1. The van der Waals surface area contributed by atoms with Gasteiger partial charge in [0, 0.05) is 5.92 Å². The van der Waals surface area contributed by atoms with Crippen LogP contribution >= 0.6 is 0 Å². The topological polar surface area (TPSA) is 83.8 Å². The zero-order valence-corrected chi connectivity index (χ0v) is 8.00. The second-order valence-electron chi connectivity index (χ2n) is 4.67. The summed E-state index contributed by atoms with van der Waals surface area (Å²) in [4.78, 5) is 22.5. The number of aliphatic hydroxyl groups excluding tert-OH is 1. The molecule has 1 saturated heterocycles. The zero-order chi connectivity index (χ0) is 10.7. The predicted octanol–water partition coefficient (Wildman–Crippen LogP) is -0.371. The number of carboxylic acids is 1. The van der Waals surface area contributed by atoms with Gasteiger partial charge in [0.1, 0.15) is 6.10 Å². The van der Waals surface area contributed by atoms with Gasteiger partial charge in [-0.1, -0.05) is 0 Å². The SMILES string of the molecule is O=C1O[C@H]2CC[C@H]3[C@@H](C(=O)O)[C@H](O)[C@@H]1[C@H]32. The standard InChI is InChI=1S/C10H12O5/c11-8-6(9(12)13)3-1-2-4-5(3)7(8)10(14)15-4/h3-8,11H,1-2H2,(H,12,13)/t3-,4+,5-,6-,7+,8+/m1/s1. The summed E-state index contributed by atoms with van der Waals surface area (Å²) in [5.74, 6) is -2.92. The average molecular weight is 212 g/mol. The lowest BCUT2D eigenvalue weighted by molar-refractivity contribution is -0.151. The number of carboxylic acid groups (broad SMARTS) is 1. The number of aliphatic hydroxyl groups is 1. The predicted molar refractivity (Wildman–Crippen MR) is 46.7 cm³/mol. The molecule has 0 aromatic heterocycles. The molecule has 5 heteroatoms. The molecule has 0 bridgehead atoms. The molecule has 6 atom stereocenters. The summed E-state index contributed by atoms with van der Waals surface area (Å²) in [7, 11) is 0.